The zero-order chi connectivity index (χ0) is 11.0. The van der Waals surface area contributed by atoms with Crippen molar-refractivity contribution in [3.63, 3.8) is 0 Å². The van der Waals surface area contributed by atoms with Gasteiger partial charge in [0.1, 0.15) is 0 Å². The van der Waals surface area contributed by atoms with Crippen molar-refractivity contribution in [2.75, 3.05) is 7.05 Å². The Balaban J connectivity index is 2.56. The van der Waals surface area contributed by atoms with E-state index in [1.165, 1.54) is 0 Å². The van der Waals surface area contributed by atoms with E-state index in [4.69, 9.17) is 0 Å². The number of amides is 1. The molecule has 0 unspecified atom stereocenters. The molecule has 1 aliphatic heterocycles. The molecule has 1 heterocycles. The molecular formula is C13H15NO. The fraction of sp³-hybridized carbons (Fsp3) is 0.308. The third-order valence-corrected chi connectivity index (χ3v) is 2.59. The minimum absolute atomic E-state index is 0.0949. The highest BCUT2D eigenvalue weighted by Crippen LogP contribution is 2.31. The summed E-state index contributed by atoms with van der Waals surface area (Å²) in [4.78, 5) is 13.6. The van der Waals surface area contributed by atoms with Crippen molar-refractivity contribution in [1.82, 2.24) is 4.90 Å². The first-order valence-electron chi connectivity index (χ1n) is 5.20. The fourth-order valence-electron chi connectivity index (χ4n) is 1.88. The van der Waals surface area contributed by atoms with Gasteiger partial charge in [0, 0.05) is 23.9 Å². The molecular weight excluding hydrogens is 186 g/mol. The molecule has 1 amide bonds. The van der Waals surface area contributed by atoms with E-state index in [9.17, 15) is 4.79 Å². The molecule has 0 radical (unpaired) electrons. The normalized spacial score (nSPS) is 17.7. The Morgan fingerprint density at radius 1 is 1.20 bits per heavy atom. The molecule has 78 valence electrons. The van der Waals surface area contributed by atoms with Crippen LogP contribution < -0.4 is 0 Å². The predicted octanol–water partition coefficient (Wildman–Crippen LogP) is 2.77. The van der Waals surface area contributed by atoms with Crippen molar-refractivity contribution < 1.29 is 4.79 Å². The zero-order valence-electron chi connectivity index (χ0n) is 9.32. The molecule has 2 nitrogen and oxygen atoms in total. The van der Waals surface area contributed by atoms with E-state index in [-0.39, 0.29) is 5.91 Å². The minimum Gasteiger partial charge on any atom is -0.311 e. The van der Waals surface area contributed by atoms with Crippen molar-refractivity contribution in [2.24, 2.45) is 5.92 Å². The van der Waals surface area contributed by atoms with E-state index < -0.39 is 0 Å². The second-order valence-electron chi connectivity index (χ2n) is 4.21. The molecule has 0 saturated carbocycles. The maximum Gasteiger partial charge on any atom is 0.258 e. The van der Waals surface area contributed by atoms with Gasteiger partial charge in [0.25, 0.3) is 5.91 Å². The highest BCUT2D eigenvalue weighted by Gasteiger charge is 2.28. The first kappa shape index (κ1) is 9.97. The van der Waals surface area contributed by atoms with Crippen molar-refractivity contribution in [2.45, 2.75) is 13.8 Å². The van der Waals surface area contributed by atoms with Gasteiger partial charge in [-0.2, -0.15) is 0 Å². The second kappa shape index (κ2) is 3.54. The highest BCUT2D eigenvalue weighted by atomic mass is 16.2. The number of carbonyl (C=O) groups excluding carboxylic acids is 1. The Hall–Kier alpha value is -1.57. The van der Waals surface area contributed by atoms with Crippen LogP contribution in [0.15, 0.2) is 30.3 Å². The van der Waals surface area contributed by atoms with Gasteiger partial charge in [-0.15, -0.1) is 0 Å². The van der Waals surface area contributed by atoms with Crippen LogP contribution in [0.25, 0.3) is 5.70 Å². The lowest BCUT2D eigenvalue weighted by Crippen LogP contribution is -2.17. The maximum absolute atomic E-state index is 11.9. The molecule has 0 bridgehead atoms. The monoisotopic (exact) mass is 201 g/mol. The van der Waals surface area contributed by atoms with E-state index in [0.29, 0.717) is 5.92 Å². The van der Waals surface area contributed by atoms with Crippen LogP contribution in [0.2, 0.25) is 0 Å². The number of allylic oxidation sites excluding steroid dienone is 1. The number of fused-ring (bicyclic) bond motifs is 1. The molecule has 0 spiro atoms. The first-order valence-corrected chi connectivity index (χ1v) is 5.20. The summed E-state index contributed by atoms with van der Waals surface area (Å²) in [5.74, 6) is 0.541. The third kappa shape index (κ3) is 1.56. The van der Waals surface area contributed by atoms with Crippen molar-refractivity contribution in [3.8, 4) is 0 Å². The van der Waals surface area contributed by atoms with Gasteiger partial charge in [-0.25, -0.2) is 0 Å². The minimum atomic E-state index is 0.0949. The van der Waals surface area contributed by atoms with Gasteiger partial charge in [-0.1, -0.05) is 38.1 Å². The molecule has 2 heteroatoms. The Morgan fingerprint density at radius 2 is 1.80 bits per heavy atom. The summed E-state index contributed by atoms with van der Waals surface area (Å²) in [6.45, 7) is 4.23. The van der Waals surface area contributed by atoms with E-state index in [2.05, 4.69) is 19.9 Å². The standard InChI is InChI=1S/C13H15NO/c1-9(2)8-12-10-6-4-5-7-11(10)13(15)14(12)3/h4-9H,1-3H3/b12-8+. The number of hydrogen-bond acceptors (Lipinski definition) is 1. The lowest BCUT2D eigenvalue weighted by Gasteiger charge is -2.12. The SMILES string of the molecule is CC(C)/C=C1\c2ccccc2C(=O)N1C. The van der Waals surface area contributed by atoms with Crippen molar-refractivity contribution in [1.29, 1.82) is 0 Å². The molecule has 0 aromatic heterocycles. The van der Waals surface area contributed by atoms with Crippen LogP contribution >= 0.6 is 0 Å². The van der Waals surface area contributed by atoms with Crippen LogP contribution in [-0.4, -0.2) is 17.9 Å². The molecule has 1 aromatic carbocycles. The van der Waals surface area contributed by atoms with E-state index in [0.717, 1.165) is 16.8 Å². The lowest BCUT2D eigenvalue weighted by atomic mass is 10.1. The summed E-state index contributed by atoms with van der Waals surface area (Å²) in [5, 5.41) is 0. The van der Waals surface area contributed by atoms with Crippen LogP contribution in [0.4, 0.5) is 0 Å². The van der Waals surface area contributed by atoms with Gasteiger partial charge < -0.3 is 4.90 Å². The number of carbonyl (C=O) groups is 1. The number of nitrogens with zero attached hydrogens (tertiary/aromatic N) is 1. The molecule has 0 fully saturated rings. The van der Waals surface area contributed by atoms with Gasteiger partial charge in [0.15, 0.2) is 0 Å². The number of benzene rings is 1. The molecule has 0 N–H and O–H groups in total. The summed E-state index contributed by atoms with van der Waals surface area (Å²) < 4.78 is 0. The Bertz CT molecular complexity index is 432. The predicted molar refractivity (Wildman–Crippen MR) is 61.4 cm³/mol. The highest BCUT2D eigenvalue weighted by molar-refractivity contribution is 6.08. The van der Waals surface area contributed by atoms with Gasteiger partial charge in [0.2, 0.25) is 0 Å². The maximum atomic E-state index is 11.9. The van der Waals surface area contributed by atoms with E-state index in [1.54, 1.807) is 4.90 Å². The summed E-state index contributed by atoms with van der Waals surface area (Å²) in [6.07, 6.45) is 2.13. The van der Waals surface area contributed by atoms with Gasteiger partial charge in [-0.3, -0.25) is 4.79 Å². The number of rotatable bonds is 1. The molecule has 0 saturated heterocycles. The van der Waals surface area contributed by atoms with Crippen LogP contribution in [0.5, 0.6) is 0 Å². The quantitative estimate of drug-likeness (QED) is 0.684. The molecule has 0 atom stereocenters. The Labute approximate surface area is 90.2 Å². The summed E-state index contributed by atoms with van der Waals surface area (Å²) >= 11 is 0. The molecule has 1 aromatic rings. The Kier molecular flexibility index (Phi) is 2.35. The van der Waals surface area contributed by atoms with Crippen LogP contribution in [-0.2, 0) is 0 Å². The largest absolute Gasteiger partial charge is 0.311 e. The third-order valence-electron chi connectivity index (χ3n) is 2.59. The van der Waals surface area contributed by atoms with Crippen LogP contribution in [0.1, 0.15) is 29.8 Å². The number of hydrogen-bond donors (Lipinski definition) is 0. The van der Waals surface area contributed by atoms with Gasteiger partial charge in [0.05, 0.1) is 0 Å². The second-order valence-corrected chi connectivity index (χ2v) is 4.21. The smallest absolute Gasteiger partial charge is 0.258 e. The van der Waals surface area contributed by atoms with E-state index >= 15 is 0 Å². The summed E-state index contributed by atoms with van der Waals surface area (Å²) in [7, 11) is 1.83. The zero-order valence-corrected chi connectivity index (χ0v) is 9.32. The van der Waals surface area contributed by atoms with Gasteiger partial charge in [-0.05, 0) is 12.0 Å². The molecule has 15 heavy (non-hydrogen) atoms. The molecule has 0 aliphatic carbocycles. The van der Waals surface area contributed by atoms with E-state index in [1.807, 2.05) is 31.3 Å². The average Bonchev–Trinajstić information content (AvgIpc) is 2.44. The average molecular weight is 201 g/mol. The fourth-order valence-corrected chi connectivity index (χ4v) is 1.88. The van der Waals surface area contributed by atoms with Crippen molar-refractivity contribution in [3.05, 3.63) is 41.5 Å². The summed E-state index contributed by atoms with van der Waals surface area (Å²) in [5.41, 5.74) is 2.90. The topological polar surface area (TPSA) is 20.3 Å². The van der Waals surface area contributed by atoms with Crippen LogP contribution in [0.3, 0.4) is 0 Å². The lowest BCUT2D eigenvalue weighted by molar-refractivity contribution is 0.0874. The van der Waals surface area contributed by atoms with Crippen LogP contribution in [0, 0.1) is 5.92 Å². The van der Waals surface area contributed by atoms with Gasteiger partial charge >= 0.3 is 0 Å². The molecule has 1 aliphatic rings. The summed E-state index contributed by atoms with van der Waals surface area (Å²) in [6, 6.07) is 7.77. The van der Waals surface area contributed by atoms with Crippen molar-refractivity contribution >= 4 is 11.6 Å². The molecule has 2 rings (SSSR count). The first-order chi connectivity index (χ1) is 7.11. The Morgan fingerprint density at radius 3 is 2.40 bits per heavy atom.